The number of aromatic nitrogens is 6. The third-order valence-electron chi connectivity index (χ3n) is 8.63. The van der Waals surface area contributed by atoms with Crippen molar-refractivity contribution in [1.29, 1.82) is 0 Å². The highest BCUT2D eigenvalue weighted by Crippen LogP contribution is 2.42. The number of carbonyl (C=O) groups is 1. The summed E-state index contributed by atoms with van der Waals surface area (Å²) in [6.45, 7) is 6.13. The van der Waals surface area contributed by atoms with Gasteiger partial charge in [0.25, 0.3) is 5.91 Å². The van der Waals surface area contributed by atoms with Crippen LogP contribution in [0, 0.1) is 12.3 Å². The molecule has 0 saturated carbocycles. The summed E-state index contributed by atoms with van der Waals surface area (Å²) in [6.07, 6.45) is 8.09. The van der Waals surface area contributed by atoms with Gasteiger partial charge in [0, 0.05) is 31.0 Å². The Bertz CT molecular complexity index is 1620. The second kappa shape index (κ2) is 11.4. The van der Waals surface area contributed by atoms with E-state index < -0.39 is 17.6 Å². The van der Waals surface area contributed by atoms with E-state index in [1.165, 1.54) is 45.0 Å². The Balaban J connectivity index is 1.16. The summed E-state index contributed by atoms with van der Waals surface area (Å²) in [5.41, 5.74) is 3.10. The van der Waals surface area contributed by atoms with Gasteiger partial charge in [-0.05, 0) is 82.4 Å². The van der Waals surface area contributed by atoms with Crippen LogP contribution in [0.4, 0.5) is 24.5 Å². The topological polar surface area (TPSA) is 105 Å². The number of alkyl halides is 3. The van der Waals surface area contributed by atoms with Gasteiger partial charge < -0.3 is 15.1 Å². The molecule has 0 unspecified atom stereocenters. The normalized spacial score (nSPS) is 17.3. The van der Waals surface area contributed by atoms with Crippen LogP contribution in [0.15, 0.2) is 55.2 Å². The molecule has 2 saturated heterocycles. The van der Waals surface area contributed by atoms with Crippen molar-refractivity contribution < 1.29 is 18.0 Å². The lowest BCUT2D eigenvalue weighted by atomic mass is 9.71. The van der Waals surface area contributed by atoms with Crippen LogP contribution in [0.2, 0.25) is 0 Å². The Labute approximate surface area is 247 Å². The van der Waals surface area contributed by atoms with Gasteiger partial charge in [0.15, 0.2) is 0 Å². The second-order valence-electron chi connectivity index (χ2n) is 11.5. The molecule has 4 aromatic rings. The fourth-order valence-electron chi connectivity index (χ4n) is 5.83. The summed E-state index contributed by atoms with van der Waals surface area (Å²) < 4.78 is 40.8. The van der Waals surface area contributed by atoms with Gasteiger partial charge in [-0.15, -0.1) is 5.10 Å². The minimum absolute atomic E-state index is 0.276. The molecule has 2 fully saturated rings. The predicted octanol–water partition coefficient (Wildman–Crippen LogP) is 5.01. The molecule has 224 valence electrons. The first-order chi connectivity index (χ1) is 20.6. The number of halogens is 3. The highest BCUT2D eigenvalue weighted by Gasteiger charge is 2.37. The Morgan fingerprint density at radius 1 is 0.977 bits per heavy atom. The first-order valence-corrected chi connectivity index (χ1v) is 14.2. The Morgan fingerprint density at radius 3 is 2.47 bits per heavy atom. The molecule has 13 heteroatoms. The molecule has 2 aliphatic heterocycles. The lowest BCUT2D eigenvalue weighted by molar-refractivity contribution is -0.137. The molecule has 0 aliphatic carbocycles. The van der Waals surface area contributed by atoms with Crippen molar-refractivity contribution in [3.05, 3.63) is 72.2 Å². The number of piperidine rings is 2. The van der Waals surface area contributed by atoms with Gasteiger partial charge in [0.2, 0.25) is 0 Å². The number of nitrogens with zero attached hydrogens (tertiary/aromatic N) is 8. The highest BCUT2D eigenvalue weighted by atomic mass is 19.4. The van der Waals surface area contributed by atoms with Gasteiger partial charge in [0.1, 0.15) is 11.4 Å². The van der Waals surface area contributed by atoms with E-state index in [9.17, 15) is 18.0 Å². The maximum atomic E-state index is 13.1. The number of nitrogens with one attached hydrogen (secondary N) is 1. The van der Waals surface area contributed by atoms with Crippen LogP contribution >= 0.6 is 0 Å². The van der Waals surface area contributed by atoms with Crippen molar-refractivity contribution >= 4 is 17.3 Å². The average molecular weight is 592 g/mol. The minimum atomic E-state index is -4.58. The quantitative estimate of drug-likeness (QED) is 0.346. The van der Waals surface area contributed by atoms with E-state index in [0.717, 1.165) is 36.6 Å². The lowest BCUT2D eigenvalue weighted by Crippen LogP contribution is -2.46. The van der Waals surface area contributed by atoms with Crippen molar-refractivity contribution in [2.45, 2.75) is 38.8 Å². The number of aryl methyl sites for hydroxylation is 1. The van der Waals surface area contributed by atoms with Crippen molar-refractivity contribution in [2.24, 2.45) is 5.41 Å². The fourth-order valence-corrected chi connectivity index (χ4v) is 5.83. The summed E-state index contributed by atoms with van der Waals surface area (Å²) in [6, 6.07) is 5.24. The molecule has 10 nitrogen and oxygen atoms in total. The van der Waals surface area contributed by atoms with E-state index >= 15 is 0 Å². The fraction of sp³-hybridized carbons (Fsp3) is 0.400. The highest BCUT2D eigenvalue weighted by molar-refractivity contribution is 6.03. The molecule has 6 heterocycles. The van der Waals surface area contributed by atoms with E-state index in [1.807, 2.05) is 6.20 Å². The summed E-state index contributed by atoms with van der Waals surface area (Å²) in [5.74, 6) is -0.788. The number of anilines is 2. The molecule has 2 aliphatic rings. The predicted molar refractivity (Wildman–Crippen MR) is 155 cm³/mol. The number of hydrogen-bond acceptors (Lipinski definition) is 8. The number of hydrogen-bond donors (Lipinski definition) is 1. The van der Waals surface area contributed by atoms with Gasteiger partial charge in [0.05, 0.1) is 46.9 Å². The van der Waals surface area contributed by atoms with E-state index in [2.05, 4.69) is 53.5 Å². The Kier molecular flexibility index (Phi) is 7.59. The van der Waals surface area contributed by atoms with Crippen molar-refractivity contribution in [2.75, 3.05) is 43.4 Å². The summed E-state index contributed by atoms with van der Waals surface area (Å²) in [4.78, 5) is 30.1. The molecular formula is C30H32F3N9O. The first kappa shape index (κ1) is 28.7. The molecule has 1 N–H and O–H groups in total. The van der Waals surface area contributed by atoms with Gasteiger partial charge in [-0.1, -0.05) is 5.21 Å². The summed E-state index contributed by atoms with van der Waals surface area (Å²) in [5, 5.41) is 11.2. The maximum Gasteiger partial charge on any atom is 0.416 e. The zero-order chi connectivity index (χ0) is 30.2. The van der Waals surface area contributed by atoms with Gasteiger partial charge in [-0.2, -0.15) is 13.2 Å². The maximum absolute atomic E-state index is 13.1. The van der Waals surface area contributed by atoms with Gasteiger partial charge in [-0.25, -0.2) is 4.68 Å². The zero-order valence-electron chi connectivity index (χ0n) is 24.0. The monoisotopic (exact) mass is 591 g/mol. The third-order valence-corrected chi connectivity index (χ3v) is 8.63. The first-order valence-electron chi connectivity index (χ1n) is 14.2. The SMILES string of the molecule is Cc1ncc(NC(=O)c2cc(C(F)(F)F)ccn2)cc1-n1cc(-c2cncc(N3CCC4(CCN(C)CC4)CC3)c2)nn1. The standard InChI is InChI=1S/C30H32F3N9O/c1-20-27(15-23(17-36-20)37-28(43)25-14-22(3-8-35-25)30(31,32)33)42-19-26(38-39-42)21-13-24(18-34-16-21)41-11-6-29(7-12-41)4-9-40(2)10-5-29/h3,8,13-19H,4-7,9-12H2,1-2H3,(H,37,43). The Hall–Kier alpha value is -4.39. The van der Waals surface area contributed by atoms with E-state index in [0.29, 0.717) is 28.6 Å². The van der Waals surface area contributed by atoms with Crippen molar-refractivity contribution in [3.8, 4) is 16.9 Å². The van der Waals surface area contributed by atoms with Gasteiger partial charge in [-0.3, -0.25) is 19.7 Å². The number of amides is 1. The van der Waals surface area contributed by atoms with Crippen LogP contribution in [0.3, 0.4) is 0 Å². The van der Waals surface area contributed by atoms with Crippen LogP contribution in [-0.2, 0) is 6.18 Å². The molecule has 0 aromatic carbocycles. The third kappa shape index (κ3) is 6.21. The van der Waals surface area contributed by atoms with Crippen LogP contribution in [0.5, 0.6) is 0 Å². The van der Waals surface area contributed by atoms with E-state index in [1.54, 1.807) is 30.1 Å². The van der Waals surface area contributed by atoms with Crippen LogP contribution in [-0.4, -0.2) is 74.0 Å². The largest absolute Gasteiger partial charge is 0.416 e. The number of likely N-dealkylation sites (tertiary alicyclic amines) is 1. The molecule has 43 heavy (non-hydrogen) atoms. The molecule has 0 radical (unpaired) electrons. The number of pyridine rings is 3. The minimum Gasteiger partial charge on any atom is -0.370 e. The number of carbonyl (C=O) groups excluding carboxylic acids is 1. The molecule has 0 bridgehead atoms. The molecule has 4 aromatic heterocycles. The molecule has 6 rings (SSSR count). The van der Waals surface area contributed by atoms with Gasteiger partial charge >= 0.3 is 6.18 Å². The second-order valence-corrected chi connectivity index (χ2v) is 11.5. The van der Waals surface area contributed by atoms with Crippen LogP contribution in [0.25, 0.3) is 16.9 Å². The average Bonchev–Trinajstić information content (AvgIpc) is 3.50. The van der Waals surface area contributed by atoms with E-state index in [-0.39, 0.29) is 11.4 Å². The zero-order valence-corrected chi connectivity index (χ0v) is 24.0. The Morgan fingerprint density at radius 2 is 1.72 bits per heavy atom. The van der Waals surface area contributed by atoms with Crippen molar-refractivity contribution in [1.82, 2.24) is 34.8 Å². The number of rotatable bonds is 5. The van der Waals surface area contributed by atoms with Crippen LogP contribution in [0.1, 0.15) is 47.4 Å². The van der Waals surface area contributed by atoms with Crippen molar-refractivity contribution in [3.63, 3.8) is 0 Å². The lowest BCUT2D eigenvalue weighted by Gasteiger charge is -2.46. The smallest absolute Gasteiger partial charge is 0.370 e. The summed E-state index contributed by atoms with van der Waals surface area (Å²) in [7, 11) is 2.20. The molecule has 1 spiro atoms. The van der Waals surface area contributed by atoms with E-state index in [4.69, 9.17) is 0 Å². The molecular weight excluding hydrogens is 559 g/mol. The van der Waals surface area contributed by atoms with Crippen LogP contribution < -0.4 is 10.2 Å². The summed E-state index contributed by atoms with van der Waals surface area (Å²) >= 11 is 0. The molecule has 0 atom stereocenters. The molecule has 1 amide bonds.